The van der Waals surface area contributed by atoms with Crippen molar-refractivity contribution in [1.29, 1.82) is 5.41 Å². The summed E-state index contributed by atoms with van der Waals surface area (Å²) in [5.74, 6) is -0.208. The van der Waals surface area contributed by atoms with Crippen LogP contribution in [0.2, 0.25) is 0 Å². The molecule has 0 aromatic heterocycles. The van der Waals surface area contributed by atoms with Crippen molar-refractivity contribution in [2.24, 2.45) is 5.73 Å². The average molecular weight is 271 g/mol. The normalized spacial score (nSPS) is 10.3. The van der Waals surface area contributed by atoms with Gasteiger partial charge in [-0.1, -0.05) is 36.4 Å². The number of nitrogen functional groups attached to an aromatic ring is 1. The Kier molecular flexibility index (Phi) is 4.35. The van der Waals surface area contributed by atoms with Gasteiger partial charge in [0.15, 0.2) is 0 Å². The van der Waals surface area contributed by atoms with Crippen molar-refractivity contribution < 1.29 is 4.39 Å². The number of nitrogens with one attached hydrogen (secondary N) is 1. The van der Waals surface area contributed by atoms with E-state index < -0.39 is 0 Å². The van der Waals surface area contributed by atoms with Gasteiger partial charge in [0.05, 0.1) is 5.69 Å². The Morgan fingerprint density at radius 1 is 1.15 bits per heavy atom. The maximum Gasteiger partial charge on any atom is 0.146 e. The number of nitrogens with zero attached hydrogens (tertiary/aromatic N) is 1. The zero-order valence-electron chi connectivity index (χ0n) is 11.4. The van der Waals surface area contributed by atoms with E-state index in [1.54, 1.807) is 12.1 Å². The molecule has 0 saturated carbocycles. The summed E-state index contributed by atoms with van der Waals surface area (Å²) in [7, 11) is 0. The van der Waals surface area contributed by atoms with E-state index in [9.17, 15) is 4.39 Å². The van der Waals surface area contributed by atoms with Gasteiger partial charge in [0, 0.05) is 18.7 Å². The Morgan fingerprint density at radius 2 is 1.80 bits per heavy atom. The predicted octanol–water partition coefficient (Wildman–Crippen LogP) is 3.14. The van der Waals surface area contributed by atoms with Crippen LogP contribution < -0.4 is 10.6 Å². The van der Waals surface area contributed by atoms with E-state index in [0.29, 0.717) is 24.3 Å². The molecule has 3 N–H and O–H groups in total. The van der Waals surface area contributed by atoms with Gasteiger partial charge in [-0.15, -0.1) is 0 Å². The second-order valence-electron chi connectivity index (χ2n) is 4.54. The summed E-state index contributed by atoms with van der Waals surface area (Å²) in [6.45, 7) is 3.17. The lowest BCUT2D eigenvalue weighted by Crippen LogP contribution is -2.25. The van der Waals surface area contributed by atoms with Crippen LogP contribution in [-0.2, 0) is 6.54 Å². The molecule has 0 amide bonds. The molecule has 0 radical (unpaired) electrons. The smallest absolute Gasteiger partial charge is 0.146 e. The van der Waals surface area contributed by atoms with Crippen LogP contribution in [-0.4, -0.2) is 12.4 Å². The highest BCUT2D eigenvalue weighted by molar-refractivity contribution is 5.96. The second kappa shape index (κ2) is 6.19. The molecule has 2 aromatic rings. The standard InChI is InChI=1S/C16H18FN3/c1-2-20(15-10-6-5-9-14(15)17)11-12-7-3-4-8-13(12)16(18)19/h3-10H,2,11H2,1H3,(H3,18,19). The van der Waals surface area contributed by atoms with Gasteiger partial charge >= 0.3 is 0 Å². The highest BCUT2D eigenvalue weighted by Gasteiger charge is 2.12. The molecule has 0 spiro atoms. The SMILES string of the molecule is CCN(Cc1ccccc1C(=N)N)c1ccccc1F. The van der Waals surface area contributed by atoms with Crippen LogP contribution in [0.1, 0.15) is 18.1 Å². The van der Waals surface area contributed by atoms with Gasteiger partial charge in [0.1, 0.15) is 11.7 Å². The number of amidine groups is 1. The Morgan fingerprint density at radius 3 is 2.45 bits per heavy atom. The lowest BCUT2D eigenvalue weighted by atomic mass is 10.1. The summed E-state index contributed by atoms with van der Waals surface area (Å²) >= 11 is 0. The van der Waals surface area contributed by atoms with Gasteiger partial charge in [0.2, 0.25) is 0 Å². The summed E-state index contributed by atoms with van der Waals surface area (Å²) in [6.07, 6.45) is 0. The Hall–Kier alpha value is -2.36. The minimum absolute atomic E-state index is 0.0326. The fraction of sp³-hybridized carbons (Fsp3) is 0.188. The fourth-order valence-corrected chi connectivity index (χ4v) is 2.20. The molecule has 0 aliphatic carbocycles. The zero-order valence-corrected chi connectivity index (χ0v) is 11.4. The molecule has 0 bridgehead atoms. The summed E-state index contributed by atoms with van der Waals surface area (Å²) in [5, 5.41) is 7.61. The van der Waals surface area contributed by atoms with Crippen molar-refractivity contribution in [3.05, 3.63) is 65.5 Å². The molecule has 3 nitrogen and oxygen atoms in total. The van der Waals surface area contributed by atoms with E-state index >= 15 is 0 Å². The van der Waals surface area contributed by atoms with Crippen molar-refractivity contribution >= 4 is 11.5 Å². The Bertz CT molecular complexity index is 610. The highest BCUT2D eigenvalue weighted by atomic mass is 19.1. The van der Waals surface area contributed by atoms with Crippen LogP contribution in [0.25, 0.3) is 0 Å². The molecule has 4 heteroatoms. The summed E-state index contributed by atoms with van der Waals surface area (Å²) in [6, 6.07) is 14.2. The highest BCUT2D eigenvalue weighted by Crippen LogP contribution is 2.21. The van der Waals surface area contributed by atoms with E-state index in [-0.39, 0.29) is 11.7 Å². The molecule has 2 aromatic carbocycles. The molecule has 0 atom stereocenters. The molecule has 104 valence electrons. The third-order valence-corrected chi connectivity index (χ3v) is 3.24. The Labute approximate surface area is 118 Å². The number of hydrogen-bond acceptors (Lipinski definition) is 2. The topological polar surface area (TPSA) is 53.1 Å². The van der Waals surface area contributed by atoms with E-state index in [2.05, 4.69) is 0 Å². The van der Waals surface area contributed by atoms with Crippen LogP contribution in [0.5, 0.6) is 0 Å². The number of hydrogen-bond donors (Lipinski definition) is 2. The van der Waals surface area contributed by atoms with Crippen LogP contribution >= 0.6 is 0 Å². The van der Waals surface area contributed by atoms with Gasteiger partial charge < -0.3 is 10.6 Å². The van der Waals surface area contributed by atoms with Crippen molar-refractivity contribution in [3.63, 3.8) is 0 Å². The maximum absolute atomic E-state index is 13.9. The van der Waals surface area contributed by atoms with E-state index in [0.717, 1.165) is 5.56 Å². The summed E-state index contributed by atoms with van der Waals surface area (Å²) in [5.41, 5.74) is 7.77. The zero-order chi connectivity index (χ0) is 14.5. The van der Waals surface area contributed by atoms with E-state index in [1.165, 1.54) is 6.07 Å². The average Bonchev–Trinajstić information content (AvgIpc) is 2.46. The first kappa shape index (κ1) is 14.1. The number of nitrogens with two attached hydrogens (primary N) is 1. The minimum Gasteiger partial charge on any atom is -0.384 e. The molecule has 20 heavy (non-hydrogen) atoms. The first-order valence-electron chi connectivity index (χ1n) is 6.55. The maximum atomic E-state index is 13.9. The number of halogens is 1. The molecular formula is C16H18FN3. The van der Waals surface area contributed by atoms with Crippen molar-refractivity contribution in [2.45, 2.75) is 13.5 Å². The molecule has 0 aliphatic heterocycles. The number of anilines is 1. The molecule has 0 unspecified atom stereocenters. The second-order valence-corrected chi connectivity index (χ2v) is 4.54. The van der Waals surface area contributed by atoms with Gasteiger partial charge in [-0.25, -0.2) is 4.39 Å². The van der Waals surface area contributed by atoms with Crippen LogP contribution in [0, 0.1) is 11.2 Å². The minimum atomic E-state index is -0.241. The third kappa shape index (κ3) is 2.96. The lowest BCUT2D eigenvalue weighted by molar-refractivity contribution is 0.618. The third-order valence-electron chi connectivity index (χ3n) is 3.24. The van der Waals surface area contributed by atoms with E-state index in [1.807, 2.05) is 42.2 Å². The van der Waals surface area contributed by atoms with Gasteiger partial charge in [-0.3, -0.25) is 5.41 Å². The van der Waals surface area contributed by atoms with Crippen molar-refractivity contribution in [3.8, 4) is 0 Å². The molecule has 0 aliphatic rings. The summed E-state index contributed by atoms with van der Waals surface area (Å²) in [4.78, 5) is 1.93. The number of para-hydroxylation sites is 1. The van der Waals surface area contributed by atoms with Crippen LogP contribution in [0.15, 0.2) is 48.5 Å². The molecule has 2 rings (SSSR count). The van der Waals surface area contributed by atoms with Gasteiger partial charge in [-0.2, -0.15) is 0 Å². The molecule has 0 heterocycles. The van der Waals surface area contributed by atoms with Crippen molar-refractivity contribution in [1.82, 2.24) is 0 Å². The first-order chi connectivity index (χ1) is 9.63. The first-order valence-corrected chi connectivity index (χ1v) is 6.55. The monoisotopic (exact) mass is 271 g/mol. The van der Waals surface area contributed by atoms with Crippen LogP contribution in [0.4, 0.5) is 10.1 Å². The van der Waals surface area contributed by atoms with Crippen molar-refractivity contribution in [2.75, 3.05) is 11.4 Å². The lowest BCUT2D eigenvalue weighted by Gasteiger charge is -2.24. The molecule has 0 fully saturated rings. The van der Waals surface area contributed by atoms with Gasteiger partial charge in [-0.05, 0) is 24.6 Å². The fourth-order valence-electron chi connectivity index (χ4n) is 2.20. The Balaban J connectivity index is 2.32. The predicted molar refractivity (Wildman–Crippen MR) is 80.6 cm³/mol. The summed E-state index contributed by atoms with van der Waals surface area (Å²) < 4.78 is 13.9. The molecule has 0 saturated heterocycles. The van der Waals surface area contributed by atoms with Crippen LogP contribution in [0.3, 0.4) is 0 Å². The van der Waals surface area contributed by atoms with E-state index in [4.69, 9.17) is 11.1 Å². The number of benzene rings is 2. The largest absolute Gasteiger partial charge is 0.384 e. The molecular weight excluding hydrogens is 253 g/mol. The quantitative estimate of drug-likeness (QED) is 0.648. The van der Waals surface area contributed by atoms with Gasteiger partial charge in [0.25, 0.3) is 0 Å². The number of rotatable bonds is 5.